The highest BCUT2D eigenvalue weighted by molar-refractivity contribution is 9.10. The van der Waals surface area contributed by atoms with Crippen LogP contribution >= 0.6 is 15.9 Å². The number of nitrogens with two attached hydrogens (primary N) is 1. The zero-order valence-electron chi connectivity index (χ0n) is 16.9. The summed E-state index contributed by atoms with van der Waals surface area (Å²) in [5.41, 5.74) is 3.97. The number of benzene rings is 2. The third-order valence-electron chi connectivity index (χ3n) is 4.04. The molecule has 0 spiro atoms. The summed E-state index contributed by atoms with van der Waals surface area (Å²) in [6.07, 6.45) is 1.54. The second-order valence-electron chi connectivity index (χ2n) is 6.36. The summed E-state index contributed by atoms with van der Waals surface area (Å²) >= 11 is 3.38. The Balaban J connectivity index is 1.97. The number of rotatable bonds is 10. The van der Waals surface area contributed by atoms with Crippen LogP contribution < -0.4 is 21.9 Å². The number of hydrogen-bond donors (Lipinski definition) is 4. The average Bonchev–Trinajstić information content (AvgIpc) is 2.76. The molecule has 0 radical (unpaired) electrons. The molecule has 1 unspecified atom stereocenters. The van der Waals surface area contributed by atoms with E-state index in [9.17, 15) is 14.4 Å². The van der Waals surface area contributed by atoms with Crippen molar-refractivity contribution < 1.29 is 19.1 Å². The molecule has 0 fully saturated rings. The highest BCUT2D eigenvalue weighted by atomic mass is 79.9. The van der Waals surface area contributed by atoms with Crippen LogP contribution in [-0.2, 0) is 20.7 Å². The first-order valence-electron chi connectivity index (χ1n) is 9.50. The number of hydrogen-bond acceptors (Lipinski definition) is 6. The summed E-state index contributed by atoms with van der Waals surface area (Å²) < 4.78 is 5.93. The van der Waals surface area contributed by atoms with E-state index in [-0.39, 0.29) is 19.6 Å². The van der Waals surface area contributed by atoms with Gasteiger partial charge in [0.2, 0.25) is 5.91 Å². The fourth-order valence-corrected chi connectivity index (χ4v) is 3.13. The molecule has 0 bridgehead atoms. The highest BCUT2D eigenvalue weighted by Crippen LogP contribution is 2.14. The smallest absolute Gasteiger partial charge is 0.328 e. The van der Waals surface area contributed by atoms with Gasteiger partial charge in [-0.25, -0.2) is 15.6 Å². The van der Waals surface area contributed by atoms with Crippen LogP contribution in [0.2, 0.25) is 0 Å². The average molecular weight is 490 g/mol. The van der Waals surface area contributed by atoms with Crippen molar-refractivity contribution in [2.75, 3.05) is 13.2 Å². The Kier molecular flexibility index (Phi) is 9.66. The molecule has 10 heteroatoms. The van der Waals surface area contributed by atoms with Crippen molar-refractivity contribution in [1.29, 1.82) is 0 Å². The van der Waals surface area contributed by atoms with E-state index >= 15 is 0 Å². The highest BCUT2D eigenvalue weighted by Gasteiger charge is 2.23. The van der Waals surface area contributed by atoms with E-state index < -0.39 is 23.8 Å². The van der Waals surface area contributed by atoms with Crippen molar-refractivity contribution in [3.63, 3.8) is 0 Å². The lowest BCUT2D eigenvalue weighted by molar-refractivity contribution is -0.147. The first-order valence-corrected chi connectivity index (χ1v) is 10.3. The lowest BCUT2D eigenvalue weighted by Crippen LogP contribution is -2.47. The number of nitrogens with zero attached hydrogens (tertiary/aromatic N) is 1. The van der Waals surface area contributed by atoms with Crippen molar-refractivity contribution in [1.82, 2.24) is 16.1 Å². The summed E-state index contributed by atoms with van der Waals surface area (Å²) in [6.45, 7) is 1.59. The molecule has 2 aromatic rings. The minimum atomic E-state index is -0.875. The maximum Gasteiger partial charge on any atom is 0.328 e. The van der Waals surface area contributed by atoms with Crippen LogP contribution in [-0.4, -0.2) is 43.3 Å². The molecule has 0 saturated carbocycles. The first kappa shape index (κ1) is 24.0. The number of nitrogens with one attached hydrogen (secondary N) is 3. The largest absolute Gasteiger partial charge is 0.464 e. The third kappa shape index (κ3) is 8.19. The number of halogens is 1. The van der Waals surface area contributed by atoms with Crippen molar-refractivity contribution in [3.05, 3.63) is 64.1 Å². The Morgan fingerprint density at radius 1 is 1.19 bits per heavy atom. The van der Waals surface area contributed by atoms with E-state index in [0.29, 0.717) is 11.3 Å². The van der Waals surface area contributed by atoms with Gasteiger partial charge in [-0.15, -0.1) is 0 Å². The Hall–Kier alpha value is -3.24. The minimum Gasteiger partial charge on any atom is -0.464 e. The molecular weight excluding hydrogens is 466 g/mol. The topological polar surface area (TPSA) is 135 Å². The molecule has 2 aromatic carbocycles. The van der Waals surface area contributed by atoms with Crippen molar-refractivity contribution in [2.45, 2.75) is 19.4 Å². The van der Waals surface area contributed by atoms with Gasteiger partial charge in [-0.1, -0.05) is 34.1 Å². The summed E-state index contributed by atoms with van der Waals surface area (Å²) in [5.74, 6) is 3.63. The Morgan fingerprint density at radius 2 is 1.97 bits per heavy atom. The first-order chi connectivity index (χ1) is 14.9. The summed E-state index contributed by atoms with van der Waals surface area (Å²) in [6, 6.07) is 13.0. The second-order valence-corrected chi connectivity index (χ2v) is 7.28. The Morgan fingerprint density at radius 3 is 2.68 bits per heavy atom. The zero-order valence-corrected chi connectivity index (χ0v) is 18.5. The number of carbonyl (C=O) groups is 3. The van der Waals surface area contributed by atoms with Crippen LogP contribution in [0.5, 0.6) is 0 Å². The molecule has 0 aromatic heterocycles. The van der Waals surface area contributed by atoms with E-state index in [0.717, 1.165) is 10.0 Å². The van der Waals surface area contributed by atoms with Gasteiger partial charge < -0.3 is 20.8 Å². The maximum atomic E-state index is 12.4. The quantitative estimate of drug-likeness (QED) is 0.131. The van der Waals surface area contributed by atoms with Crippen LogP contribution in [0.15, 0.2) is 58.0 Å². The molecule has 0 saturated heterocycles. The van der Waals surface area contributed by atoms with Gasteiger partial charge in [-0.3, -0.25) is 9.59 Å². The number of aliphatic imine (C=N–C) groups is 1. The maximum absolute atomic E-state index is 12.4. The van der Waals surface area contributed by atoms with Crippen LogP contribution in [0.1, 0.15) is 22.8 Å². The van der Waals surface area contributed by atoms with E-state index in [1.807, 2.05) is 24.3 Å². The number of amides is 2. The molecule has 1 atom stereocenters. The minimum absolute atomic E-state index is 0.193. The van der Waals surface area contributed by atoms with E-state index in [4.69, 9.17) is 10.6 Å². The van der Waals surface area contributed by atoms with E-state index in [1.165, 1.54) is 6.34 Å². The molecular formula is C21H24BrN5O4. The Bertz CT molecular complexity index is 951. The molecule has 0 heterocycles. The molecule has 2 rings (SSSR count). The molecule has 31 heavy (non-hydrogen) atoms. The monoisotopic (exact) mass is 489 g/mol. The van der Waals surface area contributed by atoms with Gasteiger partial charge in [-0.2, -0.15) is 0 Å². The van der Waals surface area contributed by atoms with E-state index in [1.54, 1.807) is 31.2 Å². The summed E-state index contributed by atoms with van der Waals surface area (Å²) in [5, 5.41) is 5.16. The van der Waals surface area contributed by atoms with Crippen molar-refractivity contribution >= 4 is 45.7 Å². The summed E-state index contributed by atoms with van der Waals surface area (Å²) in [4.78, 5) is 41.0. The van der Waals surface area contributed by atoms with Crippen LogP contribution in [0, 0.1) is 0 Å². The second kappa shape index (κ2) is 12.5. The molecule has 164 valence electrons. The van der Waals surface area contributed by atoms with E-state index in [2.05, 4.69) is 37.0 Å². The molecule has 0 aliphatic carbocycles. The predicted molar refractivity (Wildman–Crippen MR) is 121 cm³/mol. The lowest BCUT2D eigenvalue weighted by atomic mass is 10.1. The van der Waals surface area contributed by atoms with Crippen LogP contribution in [0.3, 0.4) is 0 Å². The van der Waals surface area contributed by atoms with Gasteiger partial charge in [0, 0.05) is 16.5 Å². The van der Waals surface area contributed by atoms with Gasteiger partial charge >= 0.3 is 5.97 Å². The van der Waals surface area contributed by atoms with Crippen molar-refractivity contribution in [3.8, 4) is 0 Å². The van der Waals surface area contributed by atoms with Crippen LogP contribution in [0.25, 0.3) is 0 Å². The standard InChI is InChI=1S/C21H24BrN5O4/c1-2-31-21(30)18(10-14-5-3-7-16(22)9-14)27-19(28)12-24-20(29)15-6-4-8-17(11-15)25-13-26-23/h3-9,11,13,18H,2,10,12,23H2,1H3,(H,24,29)(H,25,26)(H,27,28). The fourth-order valence-electron chi connectivity index (χ4n) is 2.68. The molecule has 5 N–H and O–H groups in total. The third-order valence-corrected chi connectivity index (χ3v) is 4.53. The lowest BCUT2D eigenvalue weighted by Gasteiger charge is -2.18. The summed E-state index contributed by atoms with van der Waals surface area (Å²) in [7, 11) is 0. The van der Waals surface area contributed by atoms with Gasteiger partial charge in [0.05, 0.1) is 18.8 Å². The van der Waals surface area contributed by atoms with Gasteiger partial charge in [0.25, 0.3) is 5.91 Å². The van der Waals surface area contributed by atoms with Crippen LogP contribution in [0.4, 0.5) is 5.69 Å². The predicted octanol–water partition coefficient (Wildman–Crippen LogP) is 1.59. The number of hydrazine groups is 1. The molecule has 2 amide bonds. The SMILES string of the molecule is CCOC(=O)C(Cc1cccc(Br)c1)NC(=O)CNC(=O)c1cccc(N=CNN)c1. The van der Waals surface area contributed by atoms with Gasteiger partial charge in [0.15, 0.2) is 0 Å². The van der Waals surface area contributed by atoms with Crippen molar-refractivity contribution in [2.24, 2.45) is 10.8 Å². The fraction of sp³-hybridized carbons (Fsp3) is 0.238. The number of carbonyl (C=O) groups excluding carboxylic acids is 3. The number of esters is 1. The molecule has 0 aliphatic heterocycles. The van der Waals surface area contributed by atoms with Gasteiger partial charge in [-0.05, 0) is 42.8 Å². The van der Waals surface area contributed by atoms with Gasteiger partial charge in [0.1, 0.15) is 12.4 Å². The molecule has 9 nitrogen and oxygen atoms in total. The normalized spacial score (nSPS) is 11.6. The number of ether oxygens (including phenoxy) is 1. The molecule has 0 aliphatic rings. The Labute approximate surface area is 188 Å². The zero-order chi connectivity index (χ0) is 22.6.